The molecule has 0 aromatic rings. The third kappa shape index (κ3) is 3.85. The normalized spacial score (nSPS) is 17.1. The fourth-order valence-electron chi connectivity index (χ4n) is 0.332. The maximum atomic E-state index is 10.0. The van der Waals surface area contributed by atoms with Gasteiger partial charge in [-0.05, 0) is 6.42 Å². The van der Waals surface area contributed by atoms with E-state index in [9.17, 15) is 9.59 Å². The first-order valence-electron chi connectivity index (χ1n) is 3.04. The molecule has 5 nitrogen and oxygen atoms in total. The highest BCUT2D eigenvalue weighted by atomic mass is 16.4. The molecule has 0 radical (unpaired) electrons. The van der Waals surface area contributed by atoms with Crippen LogP contribution in [0.25, 0.3) is 0 Å². The third-order valence-corrected chi connectivity index (χ3v) is 0.823. The van der Waals surface area contributed by atoms with Crippen LogP contribution >= 0.6 is 0 Å². The minimum atomic E-state index is -2.68. The molecule has 1 unspecified atom stereocenters. The summed E-state index contributed by atoms with van der Waals surface area (Å²) < 4.78 is 6.67. The lowest BCUT2D eigenvalue weighted by atomic mass is 10.2. The second-order valence-electron chi connectivity index (χ2n) is 1.65. The number of hydrogen-bond acceptors (Lipinski definition) is 3. The van der Waals surface area contributed by atoms with Gasteiger partial charge in [0.1, 0.15) is 0 Å². The smallest absolute Gasteiger partial charge is 0.332 e. The molecule has 0 rings (SSSR count). The van der Waals surface area contributed by atoms with Gasteiger partial charge in [0.05, 0.1) is 1.37 Å². The van der Waals surface area contributed by atoms with Crippen LogP contribution in [0, 0.1) is 0 Å². The SMILES string of the molecule is [2H]C(O)(CCC(=O)O)C(=O)O. The summed E-state index contributed by atoms with van der Waals surface area (Å²) in [5.74, 6) is -2.98. The van der Waals surface area contributed by atoms with Gasteiger partial charge in [0.15, 0.2) is 6.08 Å². The zero-order valence-corrected chi connectivity index (χ0v) is 5.07. The Kier molecular flexibility index (Phi) is 2.69. The second kappa shape index (κ2) is 3.84. The third-order valence-electron chi connectivity index (χ3n) is 0.823. The quantitative estimate of drug-likeness (QED) is 0.491. The van der Waals surface area contributed by atoms with Crippen LogP contribution in [0.2, 0.25) is 0 Å². The largest absolute Gasteiger partial charge is 0.481 e. The van der Waals surface area contributed by atoms with E-state index in [0.717, 1.165) is 0 Å². The van der Waals surface area contributed by atoms with E-state index < -0.39 is 30.9 Å². The summed E-state index contributed by atoms with van der Waals surface area (Å²) in [6, 6.07) is 0. The molecular weight excluding hydrogens is 140 g/mol. The van der Waals surface area contributed by atoms with E-state index >= 15 is 0 Å². The lowest BCUT2D eigenvalue weighted by molar-refractivity contribution is -0.147. The summed E-state index contributed by atoms with van der Waals surface area (Å²) in [5.41, 5.74) is 0. The van der Waals surface area contributed by atoms with Crippen LogP contribution in [0.3, 0.4) is 0 Å². The highest BCUT2D eigenvalue weighted by Gasteiger charge is 2.13. The van der Waals surface area contributed by atoms with Crippen molar-refractivity contribution in [3.05, 3.63) is 0 Å². The summed E-state index contributed by atoms with van der Waals surface area (Å²) in [4.78, 5) is 19.9. The van der Waals surface area contributed by atoms with E-state index in [-0.39, 0.29) is 0 Å². The number of aliphatic carboxylic acids is 2. The predicted octanol–water partition coefficient (Wildman–Crippen LogP) is -0.703. The van der Waals surface area contributed by atoms with Crippen molar-refractivity contribution in [2.75, 3.05) is 0 Å². The van der Waals surface area contributed by atoms with Crippen molar-refractivity contribution in [3.8, 4) is 0 Å². The minimum Gasteiger partial charge on any atom is -0.481 e. The Bertz CT molecular complexity index is 176. The molecule has 0 saturated heterocycles. The van der Waals surface area contributed by atoms with Crippen LogP contribution in [0.4, 0.5) is 0 Å². The molecule has 0 aromatic heterocycles. The molecular formula is C5H8O5. The molecule has 0 aliphatic carbocycles. The molecule has 10 heavy (non-hydrogen) atoms. The van der Waals surface area contributed by atoms with Gasteiger partial charge in [-0.1, -0.05) is 0 Å². The fourth-order valence-corrected chi connectivity index (χ4v) is 0.332. The van der Waals surface area contributed by atoms with Gasteiger partial charge in [-0.25, -0.2) is 4.79 Å². The molecule has 0 fully saturated rings. The van der Waals surface area contributed by atoms with Crippen LogP contribution in [-0.4, -0.2) is 33.3 Å². The van der Waals surface area contributed by atoms with E-state index in [2.05, 4.69) is 0 Å². The molecule has 58 valence electrons. The van der Waals surface area contributed by atoms with Gasteiger partial charge < -0.3 is 15.3 Å². The molecule has 0 spiro atoms. The first kappa shape index (κ1) is 7.01. The molecule has 5 heteroatoms. The van der Waals surface area contributed by atoms with E-state index in [4.69, 9.17) is 16.7 Å². The van der Waals surface area contributed by atoms with E-state index in [1.165, 1.54) is 0 Å². The van der Waals surface area contributed by atoms with Gasteiger partial charge in [0.2, 0.25) is 0 Å². The number of carboxylic acid groups (broad SMARTS) is 2. The van der Waals surface area contributed by atoms with E-state index in [0.29, 0.717) is 0 Å². The Labute approximate surface area is 58.3 Å². The summed E-state index contributed by atoms with van der Waals surface area (Å²) >= 11 is 0. The van der Waals surface area contributed by atoms with Crippen molar-refractivity contribution in [1.82, 2.24) is 0 Å². The van der Waals surface area contributed by atoms with Gasteiger partial charge in [-0.2, -0.15) is 0 Å². The highest BCUT2D eigenvalue weighted by molar-refractivity contribution is 5.73. The summed E-state index contributed by atoms with van der Waals surface area (Å²) in [5, 5.41) is 24.8. The maximum Gasteiger partial charge on any atom is 0.332 e. The first-order valence-corrected chi connectivity index (χ1v) is 2.54. The summed E-state index contributed by atoms with van der Waals surface area (Å²) in [6.45, 7) is 0. The zero-order chi connectivity index (χ0) is 9.07. The van der Waals surface area contributed by atoms with E-state index in [1.807, 2.05) is 0 Å². The van der Waals surface area contributed by atoms with Crippen molar-refractivity contribution in [2.45, 2.75) is 18.9 Å². The van der Waals surface area contributed by atoms with Crippen LogP contribution in [0.5, 0.6) is 0 Å². The molecule has 0 saturated carbocycles. The maximum absolute atomic E-state index is 10.0. The molecule has 3 N–H and O–H groups in total. The lowest BCUT2D eigenvalue weighted by Gasteiger charge is -2.00. The Morgan fingerprint density at radius 3 is 2.30 bits per heavy atom. The van der Waals surface area contributed by atoms with Crippen LogP contribution < -0.4 is 0 Å². The molecule has 1 atom stereocenters. The predicted molar refractivity (Wildman–Crippen MR) is 30.5 cm³/mol. The van der Waals surface area contributed by atoms with Crippen molar-refractivity contribution >= 4 is 11.9 Å². The van der Waals surface area contributed by atoms with Crippen LogP contribution in [-0.2, 0) is 9.59 Å². The topological polar surface area (TPSA) is 94.8 Å². The average molecular weight is 149 g/mol. The summed E-state index contributed by atoms with van der Waals surface area (Å²) in [7, 11) is 0. The number of rotatable bonds is 4. The van der Waals surface area contributed by atoms with E-state index in [1.54, 1.807) is 0 Å². The Morgan fingerprint density at radius 2 is 2.00 bits per heavy atom. The molecule has 0 aliphatic rings. The van der Waals surface area contributed by atoms with Crippen molar-refractivity contribution in [3.63, 3.8) is 0 Å². The highest BCUT2D eigenvalue weighted by Crippen LogP contribution is 1.95. The second-order valence-corrected chi connectivity index (χ2v) is 1.65. The first-order chi connectivity index (χ1) is 4.86. The van der Waals surface area contributed by atoms with Crippen molar-refractivity contribution in [2.24, 2.45) is 0 Å². The molecule has 0 amide bonds. The Balaban J connectivity index is 3.92. The monoisotopic (exact) mass is 149 g/mol. The van der Waals surface area contributed by atoms with Crippen LogP contribution in [0.15, 0.2) is 0 Å². The van der Waals surface area contributed by atoms with Gasteiger partial charge >= 0.3 is 11.9 Å². The average Bonchev–Trinajstić information content (AvgIpc) is 1.84. The van der Waals surface area contributed by atoms with Crippen LogP contribution in [0.1, 0.15) is 14.2 Å². The van der Waals surface area contributed by atoms with Crippen molar-refractivity contribution in [1.29, 1.82) is 0 Å². The van der Waals surface area contributed by atoms with Gasteiger partial charge in [0, 0.05) is 6.42 Å². The van der Waals surface area contributed by atoms with Gasteiger partial charge in [-0.3, -0.25) is 4.79 Å². The molecule has 0 aromatic carbocycles. The fraction of sp³-hybridized carbons (Fsp3) is 0.600. The Hall–Kier alpha value is -1.10. The summed E-state index contributed by atoms with van der Waals surface area (Å²) in [6.07, 6.45) is -3.83. The number of aliphatic hydroxyl groups is 1. The molecule has 0 bridgehead atoms. The number of carboxylic acids is 2. The van der Waals surface area contributed by atoms with Crippen molar-refractivity contribution < 1.29 is 26.3 Å². The minimum absolute atomic E-state index is 0.535. The Morgan fingerprint density at radius 1 is 1.50 bits per heavy atom. The number of carbonyl (C=O) groups is 2. The van der Waals surface area contributed by atoms with Gasteiger partial charge in [0.25, 0.3) is 0 Å². The van der Waals surface area contributed by atoms with Gasteiger partial charge in [-0.15, -0.1) is 0 Å². The lowest BCUT2D eigenvalue weighted by Crippen LogP contribution is -2.20. The standard InChI is InChI=1S/C5H8O5/c6-3(5(9)10)1-2-4(7)8/h3,6H,1-2H2,(H,7,8)(H,9,10)/i3D. The zero-order valence-electron chi connectivity index (χ0n) is 6.07. The molecule has 0 heterocycles. The number of hydrogen-bond donors (Lipinski definition) is 3. The molecule has 0 aliphatic heterocycles.